The minimum absolute atomic E-state index is 0.228. The molecule has 0 spiro atoms. The summed E-state index contributed by atoms with van der Waals surface area (Å²) in [6.45, 7) is 9.60. The molecule has 1 aliphatic heterocycles. The number of carbonyl (C=O) groups excluding carboxylic acids is 1. The second-order valence-electron chi connectivity index (χ2n) is 5.89. The van der Waals surface area contributed by atoms with Crippen molar-refractivity contribution in [1.29, 1.82) is 0 Å². The average molecular weight is 225 g/mol. The van der Waals surface area contributed by atoms with Gasteiger partial charge in [0, 0.05) is 12.5 Å². The van der Waals surface area contributed by atoms with Crippen LogP contribution in [0.15, 0.2) is 0 Å². The van der Waals surface area contributed by atoms with Crippen molar-refractivity contribution >= 4 is 5.78 Å². The zero-order chi connectivity index (χ0) is 12.2. The number of hydrogen-bond donors (Lipinski definition) is 1. The molecule has 94 valence electrons. The molecule has 1 unspecified atom stereocenters. The van der Waals surface area contributed by atoms with E-state index in [-0.39, 0.29) is 5.41 Å². The fourth-order valence-corrected chi connectivity index (χ4v) is 3.21. The molecule has 0 aliphatic carbocycles. The molecule has 0 aromatic heterocycles. The quantitative estimate of drug-likeness (QED) is 0.778. The first-order chi connectivity index (χ1) is 7.48. The van der Waals surface area contributed by atoms with E-state index in [0.29, 0.717) is 17.7 Å². The maximum Gasteiger partial charge on any atom is 0.130 e. The number of nitrogens with one attached hydrogen (secondary N) is 1. The SMILES string of the molecule is CCCC[C@H]1CN[C@H](C)CC1(C)CC(C)=O. The van der Waals surface area contributed by atoms with Crippen molar-refractivity contribution in [3.63, 3.8) is 0 Å². The molecule has 1 rings (SSSR count). The Hall–Kier alpha value is -0.370. The van der Waals surface area contributed by atoms with Crippen LogP contribution < -0.4 is 5.32 Å². The van der Waals surface area contributed by atoms with Gasteiger partial charge >= 0.3 is 0 Å². The fraction of sp³-hybridized carbons (Fsp3) is 0.929. The summed E-state index contributed by atoms with van der Waals surface area (Å²) in [4.78, 5) is 11.4. The van der Waals surface area contributed by atoms with Crippen molar-refractivity contribution in [2.45, 2.75) is 65.8 Å². The lowest BCUT2D eigenvalue weighted by Gasteiger charge is -2.44. The third-order valence-corrected chi connectivity index (χ3v) is 4.03. The highest BCUT2D eigenvalue weighted by molar-refractivity contribution is 5.76. The predicted octanol–water partition coefficient (Wildman–Crippen LogP) is 3.16. The Morgan fingerprint density at radius 3 is 2.75 bits per heavy atom. The lowest BCUT2D eigenvalue weighted by molar-refractivity contribution is -0.120. The van der Waals surface area contributed by atoms with Gasteiger partial charge in [0.15, 0.2) is 0 Å². The summed E-state index contributed by atoms with van der Waals surface area (Å²) in [5.74, 6) is 1.02. The highest BCUT2D eigenvalue weighted by atomic mass is 16.1. The van der Waals surface area contributed by atoms with Gasteiger partial charge in [-0.05, 0) is 44.6 Å². The lowest BCUT2D eigenvalue weighted by atomic mass is 9.66. The molecule has 0 aromatic carbocycles. The molecular weight excluding hydrogens is 198 g/mol. The number of unbranched alkanes of at least 4 members (excludes halogenated alkanes) is 1. The Bertz CT molecular complexity index is 237. The van der Waals surface area contributed by atoms with Crippen LogP contribution in [0.2, 0.25) is 0 Å². The molecule has 2 nitrogen and oxygen atoms in total. The molecule has 1 heterocycles. The molecule has 2 heteroatoms. The highest BCUT2D eigenvalue weighted by Gasteiger charge is 2.39. The van der Waals surface area contributed by atoms with Gasteiger partial charge in [-0.2, -0.15) is 0 Å². The van der Waals surface area contributed by atoms with E-state index in [1.165, 1.54) is 19.3 Å². The molecule has 1 fully saturated rings. The number of Topliss-reactive ketones (excluding diaryl/α,β-unsaturated/α-hetero) is 1. The first-order valence-corrected chi connectivity index (χ1v) is 6.70. The minimum atomic E-state index is 0.228. The van der Waals surface area contributed by atoms with Crippen LogP contribution in [0.3, 0.4) is 0 Å². The van der Waals surface area contributed by atoms with E-state index in [1.54, 1.807) is 6.92 Å². The summed E-state index contributed by atoms with van der Waals surface area (Å²) in [5.41, 5.74) is 0.228. The van der Waals surface area contributed by atoms with Crippen LogP contribution in [0.1, 0.15) is 59.8 Å². The Labute approximate surface area is 100 Å². The van der Waals surface area contributed by atoms with E-state index in [1.807, 2.05) is 0 Å². The number of rotatable bonds is 5. The number of piperidine rings is 1. The van der Waals surface area contributed by atoms with Crippen molar-refractivity contribution in [3.05, 3.63) is 0 Å². The normalized spacial score (nSPS) is 35.0. The Kier molecular flexibility index (Phi) is 4.97. The Balaban J connectivity index is 2.66. The predicted molar refractivity (Wildman–Crippen MR) is 68.5 cm³/mol. The van der Waals surface area contributed by atoms with E-state index in [0.717, 1.165) is 19.4 Å². The van der Waals surface area contributed by atoms with Gasteiger partial charge in [-0.3, -0.25) is 0 Å². The van der Waals surface area contributed by atoms with Gasteiger partial charge in [0.25, 0.3) is 0 Å². The van der Waals surface area contributed by atoms with Crippen molar-refractivity contribution < 1.29 is 4.79 Å². The number of ketones is 1. The van der Waals surface area contributed by atoms with Gasteiger partial charge in [-0.1, -0.05) is 26.7 Å². The van der Waals surface area contributed by atoms with Crippen LogP contribution in [-0.2, 0) is 4.79 Å². The van der Waals surface area contributed by atoms with Gasteiger partial charge in [-0.15, -0.1) is 0 Å². The van der Waals surface area contributed by atoms with Gasteiger partial charge in [-0.25, -0.2) is 0 Å². The molecule has 16 heavy (non-hydrogen) atoms. The fourth-order valence-electron chi connectivity index (χ4n) is 3.21. The van der Waals surface area contributed by atoms with Crippen molar-refractivity contribution in [3.8, 4) is 0 Å². The standard InChI is InChI=1S/C14H27NO/c1-5-6-7-13-10-15-11(2)8-14(13,4)9-12(3)16/h11,13,15H,5-10H2,1-4H3/t11-,13+,14?/m1/s1. The second-order valence-corrected chi connectivity index (χ2v) is 5.89. The molecular formula is C14H27NO. The molecule has 1 N–H and O–H groups in total. The molecule has 1 saturated heterocycles. The maximum atomic E-state index is 11.4. The number of hydrogen-bond acceptors (Lipinski definition) is 2. The van der Waals surface area contributed by atoms with Crippen molar-refractivity contribution in [2.24, 2.45) is 11.3 Å². The summed E-state index contributed by atoms with van der Waals surface area (Å²) in [7, 11) is 0. The van der Waals surface area contributed by atoms with E-state index in [9.17, 15) is 4.79 Å². The van der Waals surface area contributed by atoms with Crippen LogP contribution in [0.25, 0.3) is 0 Å². The van der Waals surface area contributed by atoms with E-state index in [4.69, 9.17) is 0 Å². The van der Waals surface area contributed by atoms with E-state index in [2.05, 4.69) is 26.1 Å². The van der Waals surface area contributed by atoms with Crippen LogP contribution in [0.4, 0.5) is 0 Å². The van der Waals surface area contributed by atoms with Crippen LogP contribution in [-0.4, -0.2) is 18.4 Å². The van der Waals surface area contributed by atoms with E-state index < -0.39 is 0 Å². The van der Waals surface area contributed by atoms with Gasteiger partial charge in [0.2, 0.25) is 0 Å². The summed E-state index contributed by atoms with van der Waals surface area (Å²) >= 11 is 0. The first-order valence-electron chi connectivity index (χ1n) is 6.70. The monoisotopic (exact) mass is 225 g/mol. The summed E-state index contributed by atoms with van der Waals surface area (Å²) in [5, 5.41) is 3.56. The zero-order valence-electron chi connectivity index (χ0n) is 11.3. The Morgan fingerprint density at radius 2 is 2.19 bits per heavy atom. The molecule has 0 radical (unpaired) electrons. The molecule has 3 atom stereocenters. The summed E-state index contributed by atoms with van der Waals surface area (Å²) in [6, 6.07) is 0.558. The molecule has 0 amide bonds. The first kappa shape index (κ1) is 13.7. The third kappa shape index (κ3) is 3.58. The highest BCUT2D eigenvalue weighted by Crippen LogP contribution is 2.41. The van der Waals surface area contributed by atoms with Crippen LogP contribution >= 0.6 is 0 Å². The van der Waals surface area contributed by atoms with E-state index >= 15 is 0 Å². The minimum Gasteiger partial charge on any atom is -0.314 e. The average Bonchev–Trinajstić information content (AvgIpc) is 2.14. The third-order valence-electron chi connectivity index (χ3n) is 4.03. The smallest absolute Gasteiger partial charge is 0.130 e. The molecule has 1 aliphatic rings. The second kappa shape index (κ2) is 5.81. The van der Waals surface area contributed by atoms with Gasteiger partial charge in [0.05, 0.1) is 0 Å². The summed E-state index contributed by atoms with van der Waals surface area (Å²) in [6.07, 6.45) is 5.70. The largest absolute Gasteiger partial charge is 0.314 e. The summed E-state index contributed by atoms with van der Waals surface area (Å²) < 4.78 is 0. The molecule has 0 saturated carbocycles. The van der Waals surface area contributed by atoms with Crippen LogP contribution in [0.5, 0.6) is 0 Å². The number of carbonyl (C=O) groups is 1. The topological polar surface area (TPSA) is 29.1 Å². The zero-order valence-corrected chi connectivity index (χ0v) is 11.3. The van der Waals surface area contributed by atoms with Crippen molar-refractivity contribution in [1.82, 2.24) is 5.32 Å². The van der Waals surface area contributed by atoms with Crippen LogP contribution in [0, 0.1) is 11.3 Å². The molecule has 0 aromatic rings. The Morgan fingerprint density at radius 1 is 1.50 bits per heavy atom. The lowest BCUT2D eigenvalue weighted by Crippen LogP contribution is -2.48. The molecule has 0 bridgehead atoms. The van der Waals surface area contributed by atoms with Gasteiger partial charge in [0.1, 0.15) is 5.78 Å². The van der Waals surface area contributed by atoms with Crippen molar-refractivity contribution in [2.75, 3.05) is 6.54 Å². The van der Waals surface area contributed by atoms with Gasteiger partial charge < -0.3 is 10.1 Å². The maximum absolute atomic E-state index is 11.4.